The molecule has 1 amide bonds. The summed E-state index contributed by atoms with van der Waals surface area (Å²) in [5.41, 5.74) is 0. The molecular weight excluding hydrogens is 281 g/mol. The molecule has 6 nitrogen and oxygen atoms in total. The number of carbonyl (C=O) groups excluding carboxylic acids is 1. The van der Waals surface area contributed by atoms with Crippen LogP contribution in [0.15, 0.2) is 24.3 Å². The van der Waals surface area contributed by atoms with Crippen LogP contribution in [0.25, 0.3) is 0 Å². The third-order valence-corrected chi connectivity index (χ3v) is 2.70. The van der Waals surface area contributed by atoms with Crippen molar-refractivity contribution in [1.29, 1.82) is 0 Å². The molecule has 3 N–H and O–H groups in total. The minimum atomic E-state index is -1.32. The standard InChI is InChI=1S/C14H18FNO5/c1-9(17)13(14(19)20)16-12(18)3-2-8-21-11-6-4-10(15)5-7-11/h4-7,9,13,17H,2-3,8H2,1H3,(H,16,18)(H,19,20). The predicted molar refractivity (Wildman–Crippen MR) is 72.4 cm³/mol. The van der Waals surface area contributed by atoms with Gasteiger partial charge in [0.15, 0.2) is 6.04 Å². The van der Waals surface area contributed by atoms with Gasteiger partial charge in [-0.1, -0.05) is 0 Å². The first-order valence-corrected chi connectivity index (χ1v) is 6.48. The average Bonchev–Trinajstić information content (AvgIpc) is 2.42. The quantitative estimate of drug-likeness (QED) is 0.621. The molecule has 0 aromatic heterocycles. The molecule has 1 aromatic carbocycles. The van der Waals surface area contributed by atoms with Crippen molar-refractivity contribution < 1.29 is 28.9 Å². The highest BCUT2D eigenvalue weighted by atomic mass is 19.1. The lowest BCUT2D eigenvalue weighted by molar-refractivity contribution is -0.144. The Morgan fingerprint density at radius 2 is 1.95 bits per heavy atom. The van der Waals surface area contributed by atoms with Gasteiger partial charge in [0.25, 0.3) is 0 Å². The van der Waals surface area contributed by atoms with Crippen LogP contribution in [0.4, 0.5) is 4.39 Å². The van der Waals surface area contributed by atoms with Crippen molar-refractivity contribution in [3.05, 3.63) is 30.1 Å². The van der Waals surface area contributed by atoms with Crippen molar-refractivity contribution in [2.75, 3.05) is 6.61 Å². The smallest absolute Gasteiger partial charge is 0.328 e. The molecule has 0 aliphatic heterocycles. The Bertz CT molecular complexity index is 475. The summed E-state index contributed by atoms with van der Waals surface area (Å²) in [7, 11) is 0. The number of carboxylic acid groups (broad SMARTS) is 1. The van der Waals surface area contributed by atoms with Gasteiger partial charge in [-0.25, -0.2) is 9.18 Å². The lowest BCUT2D eigenvalue weighted by Gasteiger charge is -2.16. The molecule has 0 aliphatic carbocycles. The number of halogens is 1. The van der Waals surface area contributed by atoms with Crippen LogP contribution in [0.5, 0.6) is 5.75 Å². The van der Waals surface area contributed by atoms with Crippen LogP contribution in [0.3, 0.4) is 0 Å². The third-order valence-electron chi connectivity index (χ3n) is 2.70. The number of ether oxygens (including phenoxy) is 1. The number of aliphatic carboxylic acids is 1. The van der Waals surface area contributed by atoms with Gasteiger partial charge in [0.05, 0.1) is 12.7 Å². The lowest BCUT2D eigenvalue weighted by atomic mass is 10.1. The molecule has 0 spiro atoms. The van der Waals surface area contributed by atoms with Crippen molar-refractivity contribution in [2.45, 2.75) is 31.9 Å². The molecule has 0 saturated carbocycles. The van der Waals surface area contributed by atoms with E-state index in [4.69, 9.17) is 9.84 Å². The van der Waals surface area contributed by atoms with Gasteiger partial charge in [0.1, 0.15) is 11.6 Å². The summed E-state index contributed by atoms with van der Waals surface area (Å²) >= 11 is 0. The molecule has 1 rings (SSSR count). The number of aliphatic hydroxyl groups is 1. The van der Waals surface area contributed by atoms with Crippen LogP contribution >= 0.6 is 0 Å². The molecule has 116 valence electrons. The monoisotopic (exact) mass is 299 g/mol. The lowest BCUT2D eigenvalue weighted by Crippen LogP contribution is -2.47. The molecule has 0 bridgehead atoms. The first-order valence-electron chi connectivity index (χ1n) is 6.48. The first-order chi connectivity index (χ1) is 9.90. The zero-order chi connectivity index (χ0) is 15.8. The van der Waals surface area contributed by atoms with Gasteiger partial charge in [-0.05, 0) is 37.6 Å². The molecule has 21 heavy (non-hydrogen) atoms. The second-order valence-corrected chi connectivity index (χ2v) is 4.53. The normalized spacial score (nSPS) is 13.3. The Morgan fingerprint density at radius 1 is 1.33 bits per heavy atom. The van der Waals surface area contributed by atoms with Crippen LogP contribution in [0, 0.1) is 5.82 Å². The van der Waals surface area contributed by atoms with Gasteiger partial charge in [-0.3, -0.25) is 4.79 Å². The van der Waals surface area contributed by atoms with Crippen LogP contribution in [-0.2, 0) is 9.59 Å². The summed E-state index contributed by atoms with van der Waals surface area (Å²) in [5.74, 6) is -1.64. The van der Waals surface area contributed by atoms with Gasteiger partial charge < -0.3 is 20.3 Å². The average molecular weight is 299 g/mol. The van der Waals surface area contributed by atoms with Crippen LogP contribution < -0.4 is 10.1 Å². The van der Waals surface area contributed by atoms with Crippen molar-refractivity contribution in [2.24, 2.45) is 0 Å². The van der Waals surface area contributed by atoms with Crippen molar-refractivity contribution in [3.8, 4) is 5.75 Å². The van der Waals surface area contributed by atoms with Crippen LogP contribution in [0.1, 0.15) is 19.8 Å². The highest BCUT2D eigenvalue weighted by Gasteiger charge is 2.24. The second kappa shape index (κ2) is 8.21. The summed E-state index contributed by atoms with van der Waals surface area (Å²) in [6.07, 6.45) is -0.741. The summed E-state index contributed by atoms with van der Waals surface area (Å²) in [5, 5.41) is 20.3. The highest BCUT2D eigenvalue weighted by Crippen LogP contribution is 2.11. The van der Waals surface area contributed by atoms with E-state index in [1.807, 2.05) is 0 Å². The molecule has 0 fully saturated rings. The van der Waals surface area contributed by atoms with E-state index in [1.54, 1.807) is 0 Å². The molecule has 0 saturated heterocycles. The van der Waals surface area contributed by atoms with Crippen LogP contribution in [-0.4, -0.2) is 40.8 Å². The molecular formula is C14H18FNO5. The molecule has 0 aliphatic rings. The fraction of sp³-hybridized carbons (Fsp3) is 0.429. The zero-order valence-electron chi connectivity index (χ0n) is 11.6. The molecule has 0 radical (unpaired) electrons. The molecule has 0 heterocycles. The van der Waals surface area contributed by atoms with Gasteiger partial charge in [-0.2, -0.15) is 0 Å². The number of carboxylic acids is 1. The van der Waals surface area contributed by atoms with E-state index in [0.29, 0.717) is 12.2 Å². The number of benzene rings is 1. The van der Waals surface area contributed by atoms with Gasteiger partial charge >= 0.3 is 5.97 Å². The topological polar surface area (TPSA) is 95.9 Å². The number of hydrogen-bond donors (Lipinski definition) is 3. The fourth-order valence-electron chi connectivity index (χ4n) is 1.59. The van der Waals surface area contributed by atoms with Crippen molar-refractivity contribution >= 4 is 11.9 Å². The number of hydrogen-bond acceptors (Lipinski definition) is 4. The first kappa shape index (κ1) is 16.9. The Kier molecular flexibility index (Phi) is 6.61. The summed E-state index contributed by atoms with van der Waals surface area (Å²) in [4.78, 5) is 22.3. The maximum Gasteiger partial charge on any atom is 0.328 e. The maximum absolute atomic E-state index is 12.7. The molecule has 2 unspecified atom stereocenters. The maximum atomic E-state index is 12.7. The van der Waals surface area contributed by atoms with Gasteiger partial charge in [-0.15, -0.1) is 0 Å². The zero-order valence-corrected chi connectivity index (χ0v) is 11.6. The minimum absolute atomic E-state index is 0.0672. The SMILES string of the molecule is CC(O)C(NC(=O)CCCOc1ccc(F)cc1)C(=O)O. The van der Waals surface area contributed by atoms with E-state index >= 15 is 0 Å². The minimum Gasteiger partial charge on any atom is -0.494 e. The Labute approximate surface area is 121 Å². The van der Waals surface area contributed by atoms with Crippen molar-refractivity contribution in [1.82, 2.24) is 5.32 Å². The Balaban J connectivity index is 2.27. The van der Waals surface area contributed by atoms with E-state index in [2.05, 4.69) is 5.32 Å². The number of nitrogens with one attached hydrogen (secondary N) is 1. The highest BCUT2D eigenvalue weighted by molar-refractivity contribution is 5.83. The Morgan fingerprint density at radius 3 is 2.48 bits per heavy atom. The summed E-state index contributed by atoms with van der Waals surface area (Å²) in [6.45, 7) is 1.53. The van der Waals surface area contributed by atoms with E-state index in [1.165, 1.54) is 31.2 Å². The Hall–Kier alpha value is -2.15. The fourth-order valence-corrected chi connectivity index (χ4v) is 1.59. The number of aliphatic hydroxyl groups excluding tert-OH is 1. The summed E-state index contributed by atoms with van der Waals surface area (Å²) < 4.78 is 18.0. The number of amides is 1. The van der Waals surface area contributed by atoms with E-state index in [0.717, 1.165) is 0 Å². The van der Waals surface area contributed by atoms with Gasteiger partial charge in [0, 0.05) is 6.42 Å². The second-order valence-electron chi connectivity index (χ2n) is 4.53. The molecule has 7 heteroatoms. The largest absolute Gasteiger partial charge is 0.494 e. The third kappa shape index (κ3) is 6.22. The van der Waals surface area contributed by atoms with E-state index in [9.17, 15) is 19.1 Å². The number of rotatable bonds is 8. The predicted octanol–water partition coefficient (Wildman–Crippen LogP) is 0.935. The van der Waals surface area contributed by atoms with E-state index in [-0.39, 0.29) is 18.8 Å². The molecule has 2 atom stereocenters. The van der Waals surface area contributed by atoms with Crippen LogP contribution in [0.2, 0.25) is 0 Å². The number of carbonyl (C=O) groups is 2. The molecule has 1 aromatic rings. The van der Waals surface area contributed by atoms with E-state index < -0.39 is 24.0 Å². The van der Waals surface area contributed by atoms with Crippen molar-refractivity contribution in [3.63, 3.8) is 0 Å². The summed E-state index contributed by atoms with van der Waals surface area (Å²) in [6, 6.07) is 4.16. The van der Waals surface area contributed by atoms with Gasteiger partial charge in [0.2, 0.25) is 5.91 Å².